The van der Waals surface area contributed by atoms with Crippen LogP contribution in [0.1, 0.15) is 66.3 Å². The minimum absolute atomic E-state index is 0.0905. The van der Waals surface area contributed by atoms with Crippen LogP contribution in [-0.4, -0.2) is 56.5 Å². The van der Waals surface area contributed by atoms with Gasteiger partial charge in [0.1, 0.15) is 11.5 Å². The van der Waals surface area contributed by atoms with Crippen molar-refractivity contribution in [2.24, 2.45) is 0 Å². The molecule has 2 aliphatic rings. The summed E-state index contributed by atoms with van der Waals surface area (Å²) in [6, 6.07) is 8.55. The summed E-state index contributed by atoms with van der Waals surface area (Å²) in [5.74, 6) is -0.464. The van der Waals surface area contributed by atoms with Crippen molar-refractivity contribution >= 4 is 29.4 Å². The molecule has 0 saturated carbocycles. The number of imide groups is 1. The van der Waals surface area contributed by atoms with E-state index in [4.69, 9.17) is 0 Å². The summed E-state index contributed by atoms with van der Waals surface area (Å²) in [5, 5.41) is 2.74. The number of nitrogens with one attached hydrogen (secondary N) is 1. The van der Waals surface area contributed by atoms with Crippen LogP contribution >= 0.6 is 0 Å². The average molecular weight is 450 g/mol. The molecule has 4 heterocycles. The minimum atomic E-state index is -0.369. The Labute approximate surface area is 192 Å². The molecule has 0 radical (unpaired) electrons. The first-order valence-corrected chi connectivity index (χ1v) is 11.3. The maximum atomic E-state index is 12.9. The van der Waals surface area contributed by atoms with Crippen molar-refractivity contribution in [3.8, 4) is 0 Å². The number of carbonyl (C=O) groups excluding carboxylic acids is 4. The highest BCUT2D eigenvalue weighted by atomic mass is 16.2. The van der Waals surface area contributed by atoms with Crippen molar-refractivity contribution in [2.45, 2.75) is 51.5 Å². The largest absolute Gasteiger partial charge is 0.334 e. The summed E-state index contributed by atoms with van der Waals surface area (Å²) >= 11 is 0. The molecule has 0 aliphatic carbocycles. The lowest BCUT2D eigenvalue weighted by atomic mass is 10.1. The van der Waals surface area contributed by atoms with E-state index in [9.17, 15) is 19.2 Å². The molecule has 9 nitrogen and oxygen atoms in total. The van der Waals surface area contributed by atoms with Crippen molar-refractivity contribution in [3.05, 3.63) is 53.5 Å². The van der Waals surface area contributed by atoms with E-state index >= 15 is 0 Å². The van der Waals surface area contributed by atoms with E-state index in [0.717, 1.165) is 18.4 Å². The average Bonchev–Trinajstić information content (AvgIpc) is 3.30. The molecule has 4 amide bonds. The standard InChI is InChI=1S/C24H27N5O4/c1-16-10-11-20(25-15-16)27-24(33)18-6-2-5-17(26-18)19-7-4-13-28(19)23(32)12-14-29-21(30)8-3-9-22(29)31/h2,5-6,10-11,15,19H,3-4,7-9,12-14H2,1H3,(H,25,27,33). The Balaban J connectivity index is 1.42. The summed E-state index contributed by atoms with van der Waals surface area (Å²) in [6.07, 6.45) is 4.60. The fourth-order valence-electron chi connectivity index (χ4n) is 4.26. The van der Waals surface area contributed by atoms with Gasteiger partial charge in [-0.2, -0.15) is 0 Å². The van der Waals surface area contributed by atoms with Crippen molar-refractivity contribution in [3.63, 3.8) is 0 Å². The van der Waals surface area contributed by atoms with Crippen LogP contribution in [0.5, 0.6) is 0 Å². The molecular weight excluding hydrogens is 422 g/mol. The number of hydrogen-bond donors (Lipinski definition) is 1. The number of aryl methyl sites for hydroxylation is 1. The molecule has 33 heavy (non-hydrogen) atoms. The van der Waals surface area contributed by atoms with E-state index in [1.54, 1.807) is 29.3 Å². The van der Waals surface area contributed by atoms with Gasteiger partial charge >= 0.3 is 0 Å². The smallest absolute Gasteiger partial charge is 0.275 e. The van der Waals surface area contributed by atoms with Crippen LogP contribution in [-0.2, 0) is 14.4 Å². The Morgan fingerprint density at radius 1 is 1.09 bits per heavy atom. The number of rotatable bonds is 6. The molecule has 1 unspecified atom stereocenters. The third-order valence-electron chi connectivity index (χ3n) is 6.00. The lowest BCUT2D eigenvalue weighted by Gasteiger charge is -2.28. The van der Waals surface area contributed by atoms with Crippen LogP contribution in [0, 0.1) is 6.92 Å². The summed E-state index contributed by atoms with van der Waals surface area (Å²) in [5.41, 5.74) is 1.89. The number of nitrogens with zero attached hydrogens (tertiary/aromatic N) is 4. The zero-order valence-electron chi connectivity index (χ0n) is 18.6. The monoisotopic (exact) mass is 449 g/mol. The molecule has 0 aromatic carbocycles. The van der Waals surface area contributed by atoms with Crippen LogP contribution < -0.4 is 5.32 Å². The molecule has 9 heteroatoms. The lowest BCUT2D eigenvalue weighted by molar-refractivity contribution is -0.148. The van der Waals surface area contributed by atoms with Crippen LogP contribution in [0.15, 0.2) is 36.5 Å². The fourth-order valence-corrected chi connectivity index (χ4v) is 4.26. The predicted octanol–water partition coefficient (Wildman–Crippen LogP) is 2.63. The molecule has 4 rings (SSSR count). The van der Waals surface area contributed by atoms with Crippen LogP contribution in [0.3, 0.4) is 0 Å². The fraction of sp³-hybridized carbons (Fsp3) is 0.417. The molecule has 2 saturated heterocycles. The third-order valence-corrected chi connectivity index (χ3v) is 6.00. The number of piperidine rings is 1. The van der Waals surface area contributed by atoms with Crippen LogP contribution in [0.2, 0.25) is 0 Å². The van der Waals surface area contributed by atoms with Crippen molar-refractivity contribution in [1.29, 1.82) is 0 Å². The second-order valence-corrected chi connectivity index (χ2v) is 8.41. The normalized spacial score (nSPS) is 18.5. The molecule has 0 bridgehead atoms. The third kappa shape index (κ3) is 5.24. The second kappa shape index (κ2) is 9.89. The molecule has 2 fully saturated rings. The maximum absolute atomic E-state index is 12.9. The number of hydrogen-bond acceptors (Lipinski definition) is 6. The number of aromatic nitrogens is 2. The minimum Gasteiger partial charge on any atom is -0.334 e. The SMILES string of the molecule is Cc1ccc(NC(=O)c2cccc(C3CCCN3C(=O)CCN3C(=O)CCCC3=O)n2)nc1. The van der Waals surface area contributed by atoms with Crippen molar-refractivity contribution in [1.82, 2.24) is 19.8 Å². The Morgan fingerprint density at radius 2 is 1.88 bits per heavy atom. The highest BCUT2D eigenvalue weighted by molar-refractivity contribution is 6.02. The van der Waals surface area contributed by atoms with Gasteiger partial charge in [0.25, 0.3) is 5.91 Å². The summed E-state index contributed by atoms with van der Waals surface area (Å²) in [7, 11) is 0. The molecule has 2 aliphatic heterocycles. The summed E-state index contributed by atoms with van der Waals surface area (Å²) in [4.78, 5) is 61.2. The molecule has 172 valence electrons. The van der Waals surface area contributed by atoms with Gasteiger partial charge in [-0.25, -0.2) is 9.97 Å². The number of carbonyl (C=O) groups is 4. The van der Waals surface area contributed by atoms with Crippen molar-refractivity contribution < 1.29 is 19.2 Å². The molecule has 2 aromatic heterocycles. The highest BCUT2D eigenvalue weighted by Crippen LogP contribution is 2.31. The van der Waals surface area contributed by atoms with E-state index in [0.29, 0.717) is 37.3 Å². The summed E-state index contributed by atoms with van der Waals surface area (Å²) < 4.78 is 0. The number of amides is 4. The maximum Gasteiger partial charge on any atom is 0.275 e. The lowest BCUT2D eigenvalue weighted by Crippen LogP contribution is -2.42. The van der Waals surface area contributed by atoms with E-state index in [1.165, 1.54) is 4.90 Å². The first-order valence-electron chi connectivity index (χ1n) is 11.3. The van der Waals surface area contributed by atoms with Crippen LogP contribution in [0.4, 0.5) is 5.82 Å². The molecule has 2 aromatic rings. The first-order chi connectivity index (χ1) is 15.9. The summed E-state index contributed by atoms with van der Waals surface area (Å²) in [6.45, 7) is 2.61. The number of anilines is 1. The molecular formula is C24H27N5O4. The van der Waals surface area contributed by atoms with E-state index in [2.05, 4.69) is 15.3 Å². The van der Waals surface area contributed by atoms with Gasteiger partial charge in [0.05, 0.1) is 11.7 Å². The van der Waals surface area contributed by atoms with Gasteiger partial charge in [0, 0.05) is 38.5 Å². The van der Waals surface area contributed by atoms with Gasteiger partial charge in [-0.05, 0) is 49.9 Å². The Morgan fingerprint density at radius 3 is 2.61 bits per heavy atom. The van der Waals surface area contributed by atoms with Gasteiger partial charge in [-0.1, -0.05) is 12.1 Å². The Hall–Kier alpha value is -3.62. The van der Waals surface area contributed by atoms with Gasteiger partial charge in [-0.15, -0.1) is 0 Å². The second-order valence-electron chi connectivity index (χ2n) is 8.41. The zero-order valence-corrected chi connectivity index (χ0v) is 18.6. The van der Waals surface area contributed by atoms with E-state index in [-0.39, 0.29) is 48.3 Å². The van der Waals surface area contributed by atoms with Gasteiger partial charge in [0.15, 0.2) is 0 Å². The van der Waals surface area contributed by atoms with E-state index < -0.39 is 0 Å². The van der Waals surface area contributed by atoms with Crippen molar-refractivity contribution in [2.75, 3.05) is 18.4 Å². The quantitative estimate of drug-likeness (QED) is 0.679. The van der Waals surface area contributed by atoms with E-state index in [1.807, 2.05) is 19.1 Å². The Kier molecular flexibility index (Phi) is 6.76. The molecule has 1 N–H and O–H groups in total. The zero-order chi connectivity index (χ0) is 23.4. The molecule has 1 atom stereocenters. The Bertz CT molecular complexity index is 1050. The van der Waals surface area contributed by atoms with Gasteiger partial charge < -0.3 is 10.2 Å². The molecule has 0 spiro atoms. The van der Waals surface area contributed by atoms with Gasteiger partial charge in [0.2, 0.25) is 17.7 Å². The van der Waals surface area contributed by atoms with Crippen LogP contribution in [0.25, 0.3) is 0 Å². The van der Waals surface area contributed by atoms with Gasteiger partial charge in [-0.3, -0.25) is 24.1 Å². The number of pyridine rings is 2. The highest BCUT2D eigenvalue weighted by Gasteiger charge is 2.32. The first kappa shape index (κ1) is 22.6. The topological polar surface area (TPSA) is 113 Å². The number of likely N-dealkylation sites (tertiary alicyclic amines) is 2. The predicted molar refractivity (Wildman–Crippen MR) is 120 cm³/mol.